The van der Waals surface area contributed by atoms with E-state index < -0.39 is 58.0 Å². The summed E-state index contributed by atoms with van der Waals surface area (Å²) in [6.07, 6.45) is -2.49. The molecule has 0 radical (unpaired) electrons. The van der Waals surface area contributed by atoms with Crippen LogP contribution in [0.4, 0.5) is 0 Å². The van der Waals surface area contributed by atoms with Gasteiger partial charge in [-0.15, -0.1) is 0 Å². The molecule has 3 aliphatic heterocycles. The highest BCUT2D eigenvalue weighted by Crippen LogP contribution is 2.57. The van der Waals surface area contributed by atoms with Crippen molar-refractivity contribution in [3.63, 3.8) is 0 Å². The quantitative estimate of drug-likeness (QED) is 0.226. The summed E-state index contributed by atoms with van der Waals surface area (Å²) in [5.41, 5.74) is 3.16. The van der Waals surface area contributed by atoms with E-state index in [1.54, 1.807) is 13.0 Å². The normalized spacial score (nSPS) is 36.8. The van der Waals surface area contributed by atoms with E-state index in [2.05, 4.69) is 22.6 Å². The van der Waals surface area contributed by atoms with Crippen molar-refractivity contribution in [1.82, 2.24) is 0 Å². The highest BCUT2D eigenvalue weighted by molar-refractivity contribution is 14.1. The summed E-state index contributed by atoms with van der Waals surface area (Å²) in [5, 5.41) is 33.7. The molecule has 5 aliphatic rings. The van der Waals surface area contributed by atoms with Crippen molar-refractivity contribution in [3.05, 3.63) is 46.5 Å². The van der Waals surface area contributed by atoms with Crippen molar-refractivity contribution >= 4 is 28.6 Å². The predicted molar refractivity (Wildman–Crippen MR) is 167 cm³/mol. The van der Waals surface area contributed by atoms with Crippen LogP contribution in [0.2, 0.25) is 0 Å². The maximum atomic E-state index is 13.6. The van der Waals surface area contributed by atoms with Crippen LogP contribution in [0.1, 0.15) is 67.4 Å². The van der Waals surface area contributed by atoms with Crippen LogP contribution >= 0.6 is 22.6 Å². The Balaban J connectivity index is 1.31. The summed E-state index contributed by atoms with van der Waals surface area (Å²) >= 11 is 2.28. The van der Waals surface area contributed by atoms with Gasteiger partial charge in [-0.05, 0) is 66.6 Å². The van der Waals surface area contributed by atoms with Gasteiger partial charge < -0.3 is 48.5 Å². The van der Waals surface area contributed by atoms with Crippen molar-refractivity contribution in [2.45, 2.75) is 85.7 Å². The number of aliphatic hydroxyl groups is 2. The van der Waals surface area contributed by atoms with Crippen LogP contribution in [0.15, 0.2) is 24.3 Å². The molecular weight excluding hydrogens is 699 g/mol. The highest BCUT2D eigenvalue weighted by Gasteiger charge is 2.56. The number of carbonyl (C=O) groups excluding carboxylic acids is 1. The van der Waals surface area contributed by atoms with Crippen molar-refractivity contribution in [3.8, 4) is 23.0 Å². The van der Waals surface area contributed by atoms with Gasteiger partial charge in [0.2, 0.25) is 6.79 Å². The molecule has 0 aromatic heterocycles. The van der Waals surface area contributed by atoms with E-state index in [9.17, 15) is 20.1 Å². The molecule has 0 bridgehead atoms. The van der Waals surface area contributed by atoms with Crippen LogP contribution in [0.5, 0.6) is 23.0 Å². The lowest BCUT2D eigenvalue weighted by atomic mass is 9.66. The Morgan fingerprint density at radius 2 is 1.82 bits per heavy atom. The fraction of sp³-hybridized carbons (Fsp3) is 0.606. The molecule has 7 rings (SSSR count). The largest absolute Gasteiger partial charge is 0.504 e. The molecule has 1 saturated carbocycles. The number of carbonyl (C=O) groups is 1. The van der Waals surface area contributed by atoms with Gasteiger partial charge in [-0.2, -0.15) is 0 Å². The average Bonchev–Trinajstić information content (AvgIpc) is 3.63. The molecule has 12 heteroatoms. The number of fused-ring (bicyclic) bond motifs is 4. The van der Waals surface area contributed by atoms with Gasteiger partial charge in [-0.3, -0.25) is 4.79 Å². The van der Waals surface area contributed by atoms with E-state index in [1.165, 1.54) is 7.11 Å². The minimum atomic E-state index is -1.23. The first-order valence-electron chi connectivity index (χ1n) is 15.6. The number of phenolic OH excluding ortho intramolecular Hbond substituents is 1. The number of aliphatic hydroxyl groups excluding tert-OH is 2. The number of phenols is 1. The van der Waals surface area contributed by atoms with Gasteiger partial charge in [-0.25, -0.2) is 0 Å². The van der Waals surface area contributed by atoms with E-state index in [0.29, 0.717) is 43.1 Å². The van der Waals surface area contributed by atoms with Gasteiger partial charge in [0, 0.05) is 11.8 Å². The molecule has 3 heterocycles. The smallest absolute Gasteiger partial charge is 0.310 e. The number of benzene rings is 2. The zero-order chi connectivity index (χ0) is 31.6. The minimum absolute atomic E-state index is 0.0736. The molecule has 2 aliphatic carbocycles. The molecule has 0 amide bonds. The lowest BCUT2D eigenvalue weighted by molar-refractivity contribution is -0.246. The van der Waals surface area contributed by atoms with Gasteiger partial charge in [0.05, 0.1) is 41.9 Å². The van der Waals surface area contributed by atoms with Crippen molar-refractivity contribution in [1.29, 1.82) is 0 Å². The van der Waals surface area contributed by atoms with Gasteiger partial charge in [0.15, 0.2) is 29.3 Å². The molecule has 2 saturated heterocycles. The first kappa shape index (κ1) is 31.3. The van der Waals surface area contributed by atoms with Crippen LogP contribution in [0, 0.1) is 11.8 Å². The zero-order valence-electron chi connectivity index (χ0n) is 25.4. The third-order valence-corrected chi connectivity index (χ3v) is 11.5. The highest BCUT2D eigenvalue weighted by atomic mass is 127. The first-order valence-corrected chi connectivity index (χ1v) is 16.7. The van der Waals surface area contributed by atoms with Crippen molar-refractivity contribution in [2.75, 3.05) is 27.1 Å². The number of cyclic esters (lactones) is 1. The molecule has 2 aromatic carbocycles. The lowest BCUT2D eigenvalue weighted by Gasteiger charge is -2.43. The summed E-state index contributed by atoms with van der Waals surface area (Å²) in [7, 11) is 1.51. The van der Waals surface area contributed by atoms with Crippen LogP contribution in [0.25, 0.3) is 0 Å². The molecule has 2 aromatic rings. The number of esters is 1. The average molecular weight is 739 g/mol. The first-order chi connectivity index (χ1) is 21.6. The van der Waals surface area contributed by atoms with Crippen LogP contribution in [0.3, 0.4) is 0 Å². The molecule has 2 unspecified atom stereocenters. The van der Waals surface area contributed by atoms with Crippen LogP contribution in [-0.2, 0) is 30.2 Å². The minimum Gasteiger partial charge on any atom is -0.504 e. The molecule has 3 N–H and O–H groups in total. The topological polar surface area (TPSA) is 142 Å². The van der Waals surface area contributed by atoms with Gasteiger partial charge in [-0.1, -0.05) is 42.0 Å². The van der Waals surface area contributed by atoms with Crippen molar-refractivity contribution < 1.29 is 53.3 Å². The Kier molecular flexibility index (Phi) is 8.35. The van der Waals surface area contributed by atoms with E-state index in [0.717, 1.165) is 28.7 Å². The number of halogens is 1. The maximum Gasteiger partial charge on any atom is 0.310 e. The molecule has 0 spiro atoms. The number of hydrogen-bond acceptors (Lipinski definition) is 11. The van der Waals surface area contributed by atoms with Gasteiger partial charge in [0.25, 0.3) is 0 Å². The number of hydrogen-bond donors (Lipinski definition) is 3. The predicted octanol–water partition coefficient (Wildman–Crippen LogP) is 3.89. The van der Waals surface area contributed by atoms with Crippen LogP contribution in [-0.4, -0.2) is 82.5 Å². The number of rotatable bonds is 6. The zero-order valence-corrected chi connectivity index (χ0v) is 27.6. The Hall–Kier alpha value is -2.36. The monoisotopic (exact) mass is 738 g/mol. The maximum absolute atomic E-state index is 13.6. The fourth-order valence-corrected chi connectivity index (χ4v) is 8.77. The molecule has 11 nitrogen and oxygen atoms in total. The standard InChI is InChI=1S/C33H39IO11/c1-4-5-16-8-17(9-24(39-3)27(16)35)25-18-10-22-23(43-14-42-22)11-19(18)30(20-12-40-32(38)26(20)25)45-21-6-7-33(34)13-41-15(2)44-31(33)29(37)28(21)36/h8-11,15,20-21,25-26,28-31,35-37H,4-7,12-14H2,1-3H3/t15-,20?,21-,25-,26+,28+,29-,30?,31+,33+/m1/s1. The molecular formula is C33H39IO11. The summed E-state index contributed by atoms with van der Waals surface area (Å²) in [4.78, 5) is 13.6. The molecule has 244 valence electrons. The van der Waals surface area contributed by atoms with E-state index in [-0.39, 0.29) is 25.1 Å². The Morgan fingerprint density at radius 3 is 2.56 bits per heavy atom. The summed E-state index contributed by atoms with van der Waals surface area (Å²) in [5.74, 6) is -0.240. The molecule has 3 fully saturated rings. The van der Waals surface area contributed by atoms with Crippen LogP contribution < -0.4 is 14.2 Å². The molecule has 10 atom stereocenters. The second kappa shape index (κ2) is 12.0. The Bertz CT molecular complexity index is 1470. The third kappa shape index (κ3) is 5.25. The summed E-state index contributed by atoms with van der Waals surface area (Å²) < 4.78 is 40.9. The summed E-state index contributed by atoms with van der Waals surface area (Å²) in [6, 6.07) is 7.53. The fourth-order valence-electron chi connectivity index (χ4n) is 7.77. The number of aryl methyl sites for hydroxylation is 1. The van der Waals surface area contributed by atoms with Gasteiger partial charge >= 0.3 is 5.97 Å². The third-order valence-electron chi connectivity index (χ3n) is 10.0. The SMILES string of the molecule is CCCc1cc([C@@H]2c3cc4c(cc3C(O[C@@H]3CC[C@]5(I)CO[C@@H](C)O[C@H]5[C@H](O)[C@H]3O)C3COC(=O)[C@@H]32)OCO4)cc(OC)c1O. The second-order valence-electron chi connectivity index (χ2n) is 12.7. The van der Waals surface area contributed by atoms with E-state index >= 15 is 0 Å². The number of aromatic hydroxyl groups is 1. The van der Waals surface area contributed by atoms with Gasteiger partial charge in [0.1, 0.15) is 18.3 Å². The summed E-state index contributed by atoms with van der Waals surface area (Å²) in [6.45, 7) is 4.41. The van der Waals surface area contributed by atoms with Crippen molar-refractivity contribution in [2.24, 2.45) is 11.8 Å². The number of ether oxygens (including phenoxy) is 7. The second-order valence-corrected chi connectivity index (χ2v) is 14.8. The lowest BCUT2D eigenvalue weighted by Crippen LogP contribution is -2.57. The molecule has 45 heavy (non-hydrogen) atoms. The van der Waals surface area contributed by atoms with E-state index in [4.69, 9.17) is 33.2 Å². The Morgan fingerprint density at radius 1 is 1.07 bits per heavy atom. The Labute approximate surface area is 275 Å². The van der Waals surface area contributed by atoms with E-state index in [1.807, 2.05) is 25.1 Å². The number of methoxy groups -OCH3 is 1. The number of alkyl halides is 1.